The van der Waals surface area contributed by atoms with Gasteiger partial charge in [-0.2, -0.15) is 0 Å². The summed E-state index contributed by atoms with van der Waals surface area (Å²) in [6.45, 7) is 4.86. The van der Waals surface area contributed by atoms with E-state index in [9.17, 15) is 4.79 Å². The summed E-state index contributed by atoms with van der Waals surface area (Å²) in [5, 5.41) is 3.59. The number of anilines is 1. The highest BCUT2D eigenvalue weighted by Crippen LogP contribution is 2.40. The number of carbonyl (C=O) groups excluding carboxylic acids is 1. The number of unbranched alkanes of at least 4 members (excludes halogenated alkanes) is 1. The molecule has 5 nitrogen and oxygen atoms in total. The Hall–Kier alpha value is -2.86. The molecule has 0 atom stereocenters. The van der Waals surface area contributed by atoms with Gasteiger partial charge in [-0.25, -0.2) is 4.98 Å². The largest absolute Gasteiger partial charge is 0.496 e. The molecule has 1 aliphatic rings. The van der Waals surface area contributed by atoms with Gasteiger partial charge in [-0.1, -0.05) is 13.3 Å². The van der Waals surface area contributed by atoms with Gasteiger partial charge < -0.3 is 9.47 Å². The lowest BCUT2D eigenvalue weighted by Crippen LogP contribution is -2.11. The number of thiazole rings is 1. The van der Waals surface area contributed by atoms with Crippen LogP contribution in [0.1, 0.15) is 46.1 Å². The first kappa shape index (κ1) is 20.4. The van der Waals surface area contributed by atoms with Crippen LogP contribution in [0.15, 0.2) is 36.4 Å². The number of rotatable bonds is 7. The second-order valence-corrected chi connectivity index (χ2v) is 8.53. The third kappa shape index (κ3) is 4.19. The molecule has 0 unspecified atom stereocenters. The van der Waals surface area contributed by atoms with E-state index in [0.29, 0.717) is 17.3 Å². The van der Waals surface area contributed by atoms with Gasteiger partial charge in [0.05, 0.1) is 19.4 Å². The minimum Gasteiger partial charge on any atom is -0.496 e. The number of hydrogen-bond acceptors (Lipinski definition) is 5. The van der Waals surface area contributed by atoms with E-state index in [1.54, 1.807) is 30.6 Å². The van der Waals surface area contributed by atoms with Gasteiger partial charge in [0.15, 0.2) is 5.13 Å². The molecule has 0 saturated carbocycles. The summed E-state index contributed by atoms with van der Waals surface area (Å²) in [5.41, 5.74) is 5.03. The number of amides is 1. The molecule has 2 aromatic carbocycles. The third-order valence-corrected chi connectivity index (χ3v) is 6.33. The number of benzene rings is 2. The lowest BCUT2D eigenvalue weighted by Gasteiger charge is -2.17. The van der Waals surface area contributed by atoms with Crippen molar-refractivity contribution < 1.29 is 14.3 Å². The van der Waals surface area contributed by atoms with Gasteiger partial charge in [0.1, 0.15) is 11.5 Å². The van der Waals surface area contributed by atoms with Gasteiger partial charge in [0.25, 0.3) is 5.91 Å². The van der Waals surface area contributed by atoms with Crippen LogP contribution in [-0.2, 0) is 12.8 Å². The molecule has 0 saturated heterocycles. The normalized spacial score (nSPS) is 12.1. The third-order valence-electron chi connectivity index (χ3n) is 5.30. The molecule has 0 aliphatic heterocycles. The molecule has 1 N–H and O–H groups in total. The zero-order chi connectivity index (χ0) is 21.1. The maximum atomic E-state index is 12.7. The highest BCUT2D eigenvalue weighted by molar-refractivity contribution is 7.16. The molecule has 0 spiro atoms. The molecule has 4 rings (SSSR count). The SMILES string of the molecule is CCCCOc1ccc(C(=O)Nc2nc3c(s2)CCc2cc(OC)c(C)cc2-3)cc1. The fourth-order valence-corrected chi connectivity index (χ4v) is 4.59. The number of carbonyl (C=O) groups is 1. The first-order chi connectivity index (χ1) is 14.6. The quantitative estimate of drug-likeness (QED) is 0.499. The Labute approximate surface area is 181 Å². The molecule has 6 heteroatoms. The molecule has 0 bridgehead atoms. The minimum absolute atomic E-state index is 0.160. The number of nitrogens with zero attached hydrogens (tertiary/aromatic N) is 1. The average Bonchev–Trinajstić information content (AvgIpc) is 3.17. The second kappa shape index (κ2) is 8.88. The molecule has 1 aliphatic carbocycles. The topological polar surface area (TPSA) is 60.5 Å². The smallest absolute Gasteiger partial charge is 0.257 e. The van der Waals surface area contributed by atoms with Crippen LogP contribution >= 0.6 is 11.3 Å². The zero-order valence-corrected chi connectivity index (χ0v) is 18.4. The van der Waals surface area contributed by atoms with Crippen LogP contribution in [-0.4, -0.2) is 24.6 Å². The van der Waals surface area contributed by atoms with Crippen molar-refractivity contribution in [1.29, 1.82) is 0 Å². The number of aryl methyl sites for hydroxylation is 3. The van der Waals surface area contributed by atoms with Crippen LogP contribution in [0.25, 0.3) is 11.3 Å². The fourth-order valence-electron chi connectivity index (χ4n) is 3.62. The van der Waals surface area contributed by atoms with Crippen molar-refractivity contribution in [2.24, 2.45) is 0 Å². The fraction of sp³-hybridized carbons (Fsp3) is 0.333. The molecule has 30 heavy (non-hydrogen) atoms. The molecular formula is C24H26N2O3S. The number of methoxy groups -OCH3 is 1. The summed E-state index contributed by atoms with van der Waals surface area (Å²) in [4.78, 5) is 18.6. The lowest BCUT2D eigenvalue weighted by atomic mass is 9.91. The van der Waals surface area contributed by atoms with Crippen molar-refractivity contribution in [2.45, 2.75) is 39.5 Å². The molecule has 1 heterocycles. The van der Waals surface area contributed by atoms with E-state index < -0.39 is 0 Å². The van der Waals surface area contributed by atoms with Crippen LogP contribution in [0.5, 0.6) is 11.5 Å². The zero-order valence-electron chi connectivity index (χ0n) is 17.6. The molecule has 0 fully saturated rings. The molecule has 1 amide bonds. The first-order valence-corrected chi connectivity index (χ1v) is 11.1. The first-order valence-electron chi connectivity index (χ1n) is 10.3. The van der Waals surface area contributed by atoms with E-state index in [0.717, 1.165) is 54.0 Å². The molecular weight excluding hydrogens is 396 g/mol. The summed E-state index contributed by atoms with van der Waals surface area (Å²) in [6, 6.07) is 11.5. The standard InChI is InChI=1S/C24H26N2O3S/c1-4-5-12-29-18-9-6-16(7-10-18)23(27)26-24-25-22-19-13-15(2)20(28-3)14-17(19)8-11-21(22)30-24/h6-7,9-10,13-14H,4-5,8,11-12H2,1-3H3,(H,25,26,27). The Bertz CT molecular complexity index is 1060. The van der Waals surface area contributed by atoms with E-state index in [2.05, 4.69) is 24.4 Å². The Morgan fingerprint density at radius 3 is 2.73 bits per heavy atom. The van der Waals surface area contributed by atoms with Crippen molar-refractivity contribution >= 4 is 22.4 Å². The number of fused-ring (bicyclic) bond motifs is 3. The summed E-state index contributed by atoms with van der Waals surface area (Å²) in [6.07, 6.45) is 3.99. The Kier molecular flexibility index (Phi) is 6.04. The summed E-state index contributed by atoms with van der Waals surface area (Å²) in [7, 11) is 1.70. The second-order valence-electron chi connectivity index (χ2n) is 7.45. The highest BCUT2D eigenvalue weighted by atomic mass is 32.1. The molecule has 3 aromatic rings. The number of nitrogens with one attached hydrogen (secondary N) is 1. The predicted molar refractivity (Wildman–Crippen MR) is 121 cm³/mol. The van der Waals surface area contributed by atoms with Crippen LogP contribution < -0.4 is 14.8 Å². The average molecular weight is 423 g/mol. The summed E-state index contributed by atoms with van der Waals surface area (Å²) >= 11 is 1.56. The maximum absolute atomic E-state index is 12.7. The molecule has 1 aromatic heterocycles. The van der Waals surface area contributed by atoms with Crippen LogP contribution in [0, 0.1) is 6.92 Å². The van der Waals surface area contributed by atoms with Gasteiger partial charge in [0.2, 0.25) is 0 Å². The van der Waals surface area contributed by atoms with Crippen molar-refractivity contribution in [2.75, 3.05) is 19.0 Å². The van der Waals surface area contributed by atoms with E-state index in [-0.39, 0.29) is 5.91 Å². The minimum atomic E-state index is -0.160. The number of hydrogen-bond donors (Lipinski definition) is 1. The van der Waals surface area contributed by atoms with E-state index in [1.807, 2.05) is 19.1 Å². The van der Waals surface area contributed by atoms with E-state index in [4.69, 9.17) is 14.5 Å². The highest BCUT2D eigenvalue weighted by Gasteiger charge is 2.23. The van der Waals surface area contributed by atoms with E-state index >= 15 is 0 Å². The van der Waals surface area contributed by atoms with Gasteiger partial charge in [-0.3, -0.25) is 10.1 Å². The van der Waals surface area contributed by atoms with Gasteiger partial charge in [-0.05, 0) is 73.7 Å². The van der Waals surface area contributed by atoms with Gasteiger partial charge in [0, 0.05) is 16.0 Å². The number of aromatic nitrogens is 1. The van der Waals surface area contributed by atoms with Crippen molar-refractivity contribution in [3.63, 3.8) is 0 Å². The van der Waals surface area contributed by atoms with Crippen molar-refractivity contribution in [1.82, 2.24) is 4.98 Å². The maximum Gasteiger partial charge on any atom is 0.257 e. The van der Waals surface area contributed by atoms with E-state index in [1.165, 1.54) is 10.4 Å². The van der Waals surface area contributed by atoms with Crippen LogP contribution in [0.3, 0.4) is 0 Å². The predicted octanol–water partition coefficient (Wildman–Crippen LogP) is 5.66. The summed E-state index contributed by atoms with van der Waals surface area (Å²) < 4.78 is 11.1. The summed E-state index contributed by atoms with van der Waals surface area (Å²) in [5.74, 6) is 1.53. The van der Waals surface area contributed by atoms with Gasteiger partial charge in [-0.15, -0.1) is 11.3 Å². The van der Waals surface area contributed by atoms with Crippen LogP contribution in [0.4, 0.5) is 5.13 Å². The Balaban J connectivity index is 1.49. The van der Waals surface area contributed by atoms with Crippen LogP contribution in [0.2, 0.25) is 0 Å². The lowest BCUT2D eigenvalue weighted by molar-refractivity contribution is 0.102. The monoisotopic (exact) mass is 422 g/mol. The molecule has 156 valence electrons. The Morgan fingerprint density at radius 1 is 1.20 bits per heavy atom. The number of ether oxygens (including phenoxy) is 2. The van der Waals surface area contributed by atoms with Gasteiger partial charge >= 0.3 is 0 Å². The van der Waals surface area contributed by atoms with Crippen molar-refractivity contribution in [3.8, 4) is 22.8 Å². The van der Waals surface area contributed by atoms with Crippen molar-refractivity contribution in [3.05, 3.63) is 58.0 Å². The Morgan fingerprint density at radius 2 is 2.00 bits per heavy atom. The molecule has 0 radical (unpaired) electrons.